The van der Waals surface area contributed by atoms with Crippen LogP contribution in [0.15, 0.2) is 48.7 Å². The van der Waals surface area contributed by atoms with Crippen molar-refractivity contribution in [2.75, 3.05) is 11.9 Å². The fourth-order valence-electron chi connectivity index (χ4n) is 3.72. The van der Waals surface area contributed by atoms with Gasteiger partial charge in [0.05, 0.1) is 17.3 Å². The predicted molar refractivity (Wildman–Crippen MR) is 114 cm³/mol. The number of halogens is 1. The lowest BCUT2D eigenvalue weighted by Gasteiger charge is -2.12. The normalized spacial score (nSPS) is 15.1. The molecule has 0 aliphatic carbocycles. The average Bonchev–Trinajstić information content (AvgIpc) is 3.20. The van der Waals surface area contributed by atoms with Gasteiger partial charge in [0.2, 0.25) is 0 Å². The number of aromatic nitrogens is 1. The quantitative estimate of drug-likeness (QED) is 0.549. The molecule has 0 bridgehead atoms. The van der Waals surface area contributed by atoms with Crippen molar-refractivity contribution in [3.05, 3.63) is 65.6 Å². The highest BCUT2D eigenvalue weighted by molar-refractivity contribution is 6.50. The van der Waals surface area contributed by atoms with Crippen molar-refractivity contribution in [1.29, 1.82) is 0 Å². The first-order valence-electron chi connectivity index (χ1n) is 9.76. The molecule has 0 spiro atoms. The Morgan fingerprint density at radius 2 is 1.90 bits per heavy atom. The number of benzene rings is 2. The van der Waals surface area contributed by atoms with Crippen LogP contribution in [0.1, 0.15) is 24.5 Å². The van der Waals surface area contributed by atoms with E-state index in [1.54, 1.807) is 35.0 Å². The molecule has 1 unspecified atom stereocenters. The van der Waals surface area contributed by atoms with Crippen LogP contribution in [-0.4, -0.2) is 34.1 Å². The Bertz CT molecular complexity index is 1200. The molecule has 3 aromatic rings. The predicted octanol–water partition coefficient (Wildman–Crippen LogP) is 3.07. The molecule has 0 fully saturated rings. The van der Waals surface area contributed by atoms with Crippen molar-refractivity contribution in [1.82, 2.24) is 9.88 Å². The minimum atomic E-state index is -0.508. The fourth-order valence-corrected chi connectivity index (χ4v) is 3.72. The second kappa shape index (κ2) is 7.76. The molecule has 30 heavy (non-hydrogen) atoms. The Balaban J connectivity index is 1.85. The Labute approximate surface area is 173 Å². The molecule has 2 aromatic carbocycles. The maximum absolute atomic E-state index is 13.9. The van der Waals surface area contributed by atoms with Gasteiger partial charge in [-0.3, -0.25) is 14.9 Å². The largest absolute Gasteiger partial charge is 0.391 e. The van der Waals surface area contributed by atoms with Gasteiger partial charge in [0.15, 0.2) is 0 Å². The zero-order valence-electron chi connectivity index (χ0n) is 16.7. The van der Waals surface area contributed by atoms with Gasteiger partial charge in [-0.05, 0) is 42.3 Å². The number of rotatable bonds is 6. The van der Waals surface area contributed by atoms with E-state index in [-0.39, 0.29) is 11.1 Å². The van der Waals surface area contributed by atoms with Crippen molar-refractivity contribution in [3.63, 3.8) is 0 Å². The Kier molecular flexibility index (Phi) is 5.13. The first kappa shape index (κ1) is 19.8. The van der Waals surface area contributed by atoms with E-state index in [0.29, 0.717) is 29.5 Å². The highest BCUT2D eigenvalue weighted by Crippen LogP contribution is 2.36. The summed E-state index contributed by atoms with van der Waals surface area (Å²) in [5.74, 6) is -1.41. The molecule has 2 heterocycles. The van der Waals surface area contributed by atoms with Crippen molar-refractivity contribution in [2.24, 2.45) is 7.05 Å². The van der Waals surface area contributed by atoms with Crippen LogP contribution in [0.3, 0.4) is 0 Å². The number of aliphatic hydroxyl groups excluding tert-OH is 1. The molecule has 6 nitrogen and oxygen atoms in total. The van der Waals surface area contributed by atoms with Crippen LogP contribution in [0.4, 0.5) is 10.1 Å². The van der Waals surface area contributed by atoms with Gasteiger partial charge in [-0.2, -0.15) is 0 Å². The van der Waals surface area contributed by atoms with E-state index in [9.17, 15) is 19.1 Å². The highest BCUT2D eigenvalue weighted by atomic mass is 19.1. The number of imide groups is 1. The van der Waals surface area contributed by atoms with E-state index in [4.69, 9.17) is 0 Å². The number of carbonyl (C=O) groups excluding carboxylic acids is 2. The topological polar surface area (TPSA) is 83.4 Å². The van der Waals surface area contributed by atoms with Crippen LogP contribution in [0.5, 0.6) is 0 Å². The number of amides is 2. The molecule has 1 aliphatic heterocycles. The molecule has 2 amide bonds. The van der Waals surface area contributed by atoms with Gasteiger partial charge in [0.25, 0.3) is 11.8 Å². The first-order valence-corrected chi connectivity index (χ1v) is 9.76. The molecule has 0 saturated heterocycles. The summed E-state index contributed by atoms with van der Waals surface area (Å²) in [7, 11) is 1.81. The second-order valence-corrected chi connectivity index (χ2v) is 7.37. The number of aliphatic hydroxyl groups is 1. The van der Waals surface area contributed by atoms with Crippen LogP contribution in [-0.2, 0) is 16.6 Å². The number of anilines is 1. The minimum absolute atomic E-state index is 0.224. The van der Waals surface area contributed by atoms with Crippen LogP contribution < -0.4 is 10.6 Å². The number of carbonyl (C=O) groups is 2. The number of hydrogen-bond donors (Lipinski definition) is 3. The van der Waals surface area contributed by atoms with E-state index >= 15 is 0 Å². The Morgan fingerprint density at radius 3 is 2.67 bits per heavy atom. The summed E-state index contributed by atoms with van der Waals surface area (Å²) in [6, 6.07) is 11.5. The molecule has 1 aromatic heterocycles. The summed E-state index contributed by atoms with van der Waals surface area (Å²) in [5, 5.41) is 15.8. The summed E-state index contributed by atoms with van der Waals surface area (Å²) in [6.45, 7) is 2.26. The lowest BCUT2D eigenvalue weighted by molar-refractivity contribution is -0.122. The third-order valence-corrected chi connectivity index (χ3v) is 5.32. The van der Waals surface area contributed by atoms with E-state index in [2.05, 4.69) is 10.6 Å². The van der Waals surface area contributed by atoms with Crippen molar-refractivity contribution >= 4 is 39.6 Å². The van der Waals surface area contributed by atoms with Gasteiger partial charge in [0, 0.05) is 41.9 Å². The van der Waals surface area contributed by atoms with E-state index in [0.717, 1.165) is 11.2 Å². The standard InChI is InChI=1S/C23H22FN3O3/c1-3-16(28)11-25-15-6-4-5-13(9-15)20-21(23(30)26-22(20)29)18-12-27(2)19-8-7-14(24)10-17(18)19/h4-10,12,16,25,28H,3,11H2,1-2H3,(H,26,29,30). The van der Waals surface area contributed by atoms with Crippen molar-refractivity contribution < 1.29 is 19.1 Å². The maximum atomic E-state index is 13.9. The van der Waals surface area contributed by atoms with Crippen LogP contribution in [0.2, 0.25) is 0 Å². The van der Waals surface area contributed by atoms with Crippen LogP contribution >= 0.6 is 0 Å². The van der Waals surface area contributed by atoms with E-state index in [1.807, 2.05) is 20.0 Å². The maximum Gasteiger partial charge on any atom is 0.259 e. The van der Waals surface area contributed by atoms with Crippen LogP contribution in [0, 0.1) is 5.82 Å². The Morgan fingerprint density at radius 1 is 1.13 bits per heavy atom. The third-order valence-electron chi connectivity index (χ3n) is 5.32. The number of nitrogens with one attached hydrogen (secondary N) is 2. The lowest BCUT2D eigenvalue weighted by atomic mass is 9.95. The molecule has 4 rings (SSSR count). The van der Waals surface area contributed by atoms with Crippen LogP contribution in [0.25, 0.3) is 22.0 Å². The van der Waals surface area contributed by atoms with Gasteiger partial charge in [-0.25, -0.2) is 4.39 Å². The number of nitrogens with zero attached hydrogens (tertiary/aromatic N) is 1. The fraction of sp³-hybridized carbons (Fsp3) is 0.217. The molecule has 1 atom stereocenters. The number of fused-ring (bicyclic) bond motifs is 1. The zero-order valence-corrected chi connectivity index (χ0v) is 16.7. The average molecular weight is 407 g/mol. The van der Waals surface area contributed by atoms with Gasteiger partial charge in [0.1, 0.15) is 5.82 Å². The molecular weight excluding hydrogens is 385 g/mol. The number of hydrogen-bond acceptors (Lipinski definition) is 4. The molecular formula is C23H22FN3O3. The van der Waals surface area contributed by atoms with Crippen molar-refractivity contribution in [2.45, 2.75) is 19.4 Å². The molecule has 7 heteroatoms. The molecule has 154 valence electrons. The summed E-state index contributed by atoms with van der Waals surface area (Å²) in [5.41, 5.74) is 3.03. The molecule has 3 N–H and O–H groups in total. The molecule has 0 radical (unpaired) electrons. The molecule has 0 saturated carbocycles. The molecule has 1 aliphatic rings. The monoisotopic (exact) mass is 407 g/mol. The highest BCUT2D eigenvalue weighted by Gasteiger charge is 2.33. The van der Waals surface area contributed by atoms with E-state index in [1.165, 1.54) is 12.1 Å². The smallest absolute Gasteiger partial charge is 0.259 e. The van der Waals surface area contributed by atoms with Gasteiger partial charge in [-0.1, -0.05) is 19.1 Å². The summed E-state index contributed by atoms with van der Waals surface area (Å²) < 4.78 is 15.7. The minimum Gasteiger partial charge on any atom is -0.391 e. The van der Waals surface area contributed by atoms with Crippen molar-refractivity contribution in [3.8, 4) is 0 Å². The third kappa shape index (κ3) is 3.48. The SMILES string of the molecule is CCC(O)CNc1cccc(C2=C(c3cn(C)c4ccc(F)cc34)C(=O)NC2=O)c1. The second-order valence-electron chi connectivity index (χ2n) is 7.37. The Hall–Kier alpha value is -3.45. The van der Waals surface area contributed by atoms with Gasteiger partial charge < -0.3 is 15.0 Å². The summed E-state index contributed by atoms with van der Waals surface area (Å²) in [6.07, 6.45) is 1.87. The van der Waals surface area contributed by atoms with E-state index < -0.39 is 23.7 Å². The lowest BCUT2D eigenvalue weighted by Crippen LogP contribution is -2.22. The summed E-state index contributed by atoms with van der Waals surface area (Å²) >= 11 is 0. The summed E-state index contributed by atoms with van der Waals surface area (Å²) in [4.78, 5) is 25.4. The zero-order chi connectivity index (χ0) is 21.4. The van der Waals surface area contributed by atoms with Gasteiger partial charge >= 0.3 is 0 Å². The van der Waals surface area contributed by atoms with Gasteiger partial charge in [-0.15, -0.1) is 0 Å². The number of aryl methyl sites for hydroxylation is 1. The first-order chi connectivity index (χ1) is 14.4.